The highest BCUT2D eigenvalue weighted by molar-refractivity contribution is 6.30. The van der Waals surface area contributed by atoms with Crippen LogP contribution >= 0.6 is 11.6 Å². The van der Waals surface area contributed by atoms with Gasteiger partial charge in [0, 0.05) is 5.02 Å². The van der Waals surface area contributed by atoms with E-state index in [1.165, 1.54) is 0 Å². The number of rotatable bonds is 1. The third kappa shape index (κ3) is 2.35. The Labute approximate surface area is 96.1 Å². The van der Waals surface area contributed by atoms with Crippen LogP contribution in [0.3, 0.4) is 0 Å². The molecule has 2 heteroatoms. The molecule has 15 heavy (non-hydrogen) atoms. The van der Waals surface area contributed by atoms with Crippen LogP contribution in [0, 0.1) is 5.92 Å². The Bertz CT molecular complexity index is 323. The van der Waals surface area contributed by atoms with Gasteiger partial charge in [0.25, 0.3) is 0 Å². The molecule has 1 aromatic rings. The van der Waals surface area contributed by atoms with E-state index in [-0.39, 0.29) is 0 Å². The van der Waals surface area contributed by atoms with E-state index in [4.69, 9.17) is 11.6 Å². The minimum atomic E-state index is -0.614. The molecule has 0 atom stereocenters. The fourth-order valence-corrected chi connectivity index (χ4v) is 2.41. The van der Waals surface area contributed by atoms with Crippen molar-refractivity contribution in [3.63, 3.8) is 0 Å². The second kappa shape index (κ2) is 4.15. The zero-order chi connectivity index (χ0) is 10.9. The van der Waals surface area contributed by atoms with Crippen LogP contribution in [0.25, 0.3) is 0 Å². The summed E-state index contributed by atoms with van der Waals surface area (Å²) in [5, 5.41) is 11.2. The van der Waals surface area contributed by atoms with Gasteiger partial charge in [0.2, 0.25) is 0 Å². The summed E-state index contributed by atoms with van der Waals surface area (Å²) >= 11 is 5.84. The molecule has 0 unspecified atom stereocenters. The van der Waals surface area contributed by atoms with E-state index in [2.05, 4.69) is 6.92 Å². The molecule has 1 aliphatic carbocycles. The summed E-state index contributed by atoms with van der Waals surface area (Å²) in [4.78, 5) is 0. The lowest BCUT2D eigenvalue weighted by molar-refractivity contribution is -0.0120. The van der Waals surface area contributed by atoms with Crippen molar-refractivity contribution in [1.29, 1.82) is 0 Å². The monoisotopic (exact) mass is 224 g/mol. The van der Waals surface area contributed by atoms with Gasteiger partial charge in [-0.15, -0.1) is 0 Å². The van der Waals surface area contributed by atoms with Crippen molar-refractivity contribution < 1.29 is 5.11 Å². The SMILES string of the molecule is CC1CCC(O)(c2ccc(Cl)cc2)CC1. The third-order valence-electron chi connectivity index (χ3n) is 3.48. The average molecular weight is 225 g/mol. The molecule has 0 radical (unpaired) electrons. The minimum Gasteiger partial charge on any atom is -0.385 e. The third-order valence-corrected chi connectivity index (χ3v) is 3.73. The summed E-state index contributed by atoms with van der Waals surface area (Å²) in [6.45, 7) is 2.25. The van der Waals surface area contributed by atoms with Crippen molar-refractivity contribution in [2.45, 2.75) is 38.2 Å². The van der Waals surface area contributed by atoms with Gasteiger partial charge >= 0.3 is 0 Å². The van der Waals surface area contributed by atoms with E-state index < -0.39 is 5.60 Å². The molecule has 0 aromatic heterocycles. The fraction of sp³-hybridized carbons (Fsp3) is 0.538. The van der Waals surface area contributed by atoms with Crippen LogP contribution in [0.2, 0.25) is 5.02 Å². The number of halogens is 1. The molecule has 1 fully saturated rings. The summed E-state index contributed by atoms with van der Waals surface area (Å²) in [6, 6.07) is 7.59. The van der Waals surface area contributed by atoms with Crippen LogP contribution in [0.4, 0.5) is 0 Å². The van der Waals surface area contributed by atoms with Crippen molar-refractivity contribution in [1.82, 2.24) is 0 Å². The van der Waals surface area contributed by atoms with Crippen molar-refractivity contribution in [2.24, 2.45) is 5.92 Å². The lowest BCUT2D eigenvalue weighted by Gasteiger charge is -2.35. The van der Waals surface area contributed by atoms with E-state index in [9.17, 15) is 5.11 Å². The maximum Gasteiger partial charge on any atom is 0.0896 e. The molecule has 0 spiro atoms. The quantitative estimate of drug-likeness (QED) is 0.771. The molecule has 1 aliphatic rings. The van der Waals surface area contributed by atoms with Gasteiger partial charge in [0.15, 0.2) is 0 Å². The van der Waals surface area contributed by atoms with Gasteiger partial charge in [-0.1, -0.05) is 30.7 Å². The summed E-state index contributed by atoms with van der Waals surface area (Å²) < 4.78 is 0. The highest BCUT2D eigenvalue weighted by atomic mass is 35.5. The highest BCUT2D eigenvalue weighted by Crippen LogP contribution is 2.39. The smallest absolute Gasteiger partial charge is 0.0896 e. The Balaban J connectivity index is 2.18. The predicted molar refractivity (Wildman–Crippen MR) is 63.0 cm³/mol. The number of aliphatic hydroxyl groups is 1. The van der Waals surface area contributed by atoms with E-state index in [0.29, 0.717) is 0 Å². The number of hydrogen-bond donors (Lipinski definition) is 1. The summed E-state index contributed by atoms with van der Waals surface area (Å²) in [6.07, 6.45) is 3.96. The zero-order valence-electron chi connectivity index (χ0n) is 9.04. The summed E-state index contributed by atoms with van der Waals surface area (Å²) in [5.74, 6) is 0.748. The van der Waals surface area contributed by atoms with Crippen molar-refractivity contribution in [3.05, 3.63) is 34.9 Å². The molecule has 1 nitrogen and oxygen atoms in total. The first-order valence-corrected chi connectivity index (χ1v) is 5.96. The number of hydrogen-bond acceptors (Lipinski definition) is 1. The van der Waals surface area contributed by atoms with E-state index in [0.717, 1.165) is 42.2 Å². The molecule has 0 amide bonds. The average Bonchev–Trinajstić information content (AvgIpc) is 2.24. The Morgan fingerprint density at radius 2 is 1.73 bits per heavy atom. The maximum absolute atomic E-state index is 10.5. The molecule has 82 valence electrons. The molecular formula is C13H17ClO. The first-order valence-electron chi connectivity index (χ1n) is 5.58. The van der Waals surface area contributed by atoms with Crippen LogP contribution in [0.5, 0.6) is 0 Å². The normalized spacial score (nSPS) is 31.5. The van der Waals surface area contributed by atoms with Gasteiger partial charge in [0.05, 0.1) is 5.60 Å². The molecule has 0 heterocycles. The largest absolute Gasteiger partial charge is 0.385 e. The van der Waals surface area contributed by atoms with Gasteiger partial charge < -0.3 is 5.11 Å². The topological polar surface area (TPSA) is 20.2 Å². The zero-order valence-corrected chi connectivity index (χ0v) is 9.80. The molecule has 1 saturated carbocycles. The summed E-state index contributed by atoms with van der Waals surface area (Å²) in [7, 11) is 0. The van der Waals surface area contributed by atoms with Crippen LogP contribution < -0.4 is 0 Å². The molecular weight excluding hydrogens is 208 g/mol. The lowest BCUT2D eigenvalue weighted by atomic mass is 9.76. The Kier molecular flexibility index (Phi) is 3.03. The number of benzene rings is 1. The maximum atomic E-state index is 10.5. The Morgan fingerprint density at radius 1 is 1.20 bits per heavy atom. The molecule has 0 bridgehead atoms. The predicted octanol–water partition coefficient (Wildman–Crippen LogP) is 3.74. The van der Waals surface area contributed by atoms with Crippen LogP contribution in [0.1, 0.15) is 38.2 Å². The van der Waals surface area contributed by atoms with Crippen LogP contribution in [-0.2, 0) is 5.60 Å². The first-order chi connectivity index (χ1) is 7.10. The van der Waals surface area contributed by atoms with Gasteiger partial charge in [-0.05, 0) is 49.3 Å². The molecule has 2 rings (SSSR count). The standard InChI is InChI=1S/C13H17ClO/c1-10-6-8-13(15,9-7-10)11-2-4-12(14)5-3-11/h2-5,10,15H,6-9H2,1H3. The second-order valence-corrected chi connectivity index (χ2v) is 5.16. The lowest BCUT2D eigenvalue weighted by Crippen LogP contribution is -2.30. The van der Waals surface area contributed by atoms with E-state index >= 15 is 0 Å². The second-order valence-electron chi connectivity index (χ2n) is 4.72. The fourth-order valence-electron chi connectivity index (χ4n) is 2.29. The Morgan fingerprint density at radius 3 is 2.27 bits per heavy atom. The van der Waals surface area contributed by atoms with Gasteiger partial charge in [0.1, 0.15) is 0 Å². The van der Waals surface area contributed by atoms with Gasteiger partial charge in [-0.25, -0.2) is 0 Å². The van der Waals surface area contributed by atoms with E-state index in [1.54, 1.807) is 0 Å². The minimum absolute atomic E-state index is 0.614. The first kappa shape index (κ1) is 11.0. The van der Waals surface area contributed by atoms with Crippen molar-refractivity contribution in [3.8, 4) is 0 Å². The molecule has 1 N–H and O–H groups in total. The van der Waals surface area contributed by atoms with E-state index in [1.807, 2.05) is 24.3 Å². The van der Waals surface area contributed by atoms with Crippen molar-refractivity contribution >= 4 is 11.6 Å². The molecule has 0 aliphatic heterocycles. The molecule has 0 saturated heterocycles. The highest BCUT2D eigenvalue weighted by Gasteiger charge is 2.33. The molecule has 1 aromatic carbocycles. The summed E-state index contributed by atoms with van der Waals surface area (Å²) in [5.41, 5.74) is 0.399. The Hall–Kier alpha value is -0.530. The van der Waals surface area contributed by atoms with Gasteiger partial charge in [-0.3, -0.25) is 0 Å². The van der Waals surface area contributed by atoms with Gasteiger partial charge in [-0.2, -0.15) is 0 Å². The van der Waals surface area contributed by atoms with Crippen molar-refractivity contribution in [2.75, 3.05) is 0 Å². The van der Waals surface area contributed by atoms with Crippen LogP contribution in [-0.4, -0.2) is 5.11 Å². The van der Waals surface area contributed by atoms with Crippen LogP contribution in [0.15, 0.2) is 24.3 Å².